The highest BCUT2D eigenvalue weighted by molar-refractivity contribution is 9.12. The van der Waals surface area contributed by atoms with Crippen molar-refractivity contribution in [3.63, 3.8) is 0 Å². The van der Waals surface area contributed by atoms with Crippen molar-refractivity contribution in [3.05, 3.63) is 22.2 Å². The maximum atomic E-state index is 11.0. The van der Waals surface area contributed by atoms with E-state index >= 15 is 0 Å². The van der Waals surface area contributed by atoms with Crippen LogP contribution < -0.4 is 10.6 Å². The lowest BCUT2D eigenvalue weighted by Crippen LogP contribution is -2.38. The third-order valence-corrected chi connectivity index (χ3v) is 2.80. The number of rotatable bonds is 3. The van der Waals surface area contributed by atoms with Crippen molar-refractivity contribution in [2.45, 2.75) is 26.8 Å². The van der Waals surface area contributed by atoms with Gasteiger partial charge >= 0.3 is 6.03 Å². The largest absolute Gasteiger partial charge is 0.341 e. The maximum absolute atomic E-state index is 11.0. The minimum Gasteiger partial charge on any atom is -0.341 e. The monoisotopic (exact) mass is 260 g/mol. The summed E-state index contributed by atoms with van der Waals surface area (Å²) in [6.45, 7) is 5.87. The summed E-state index contributed by atoms with van der Waals surface area (Å²) in [6, 6.07) is -0.152. The van der Waals surface area contributed by atoms with Crippen LogP contribution in [0.5, 0.6) is 0 Å². The number of allylic oxidation sites excluding steroid dienone is 3. The molecule has 0 aromatic rings. The van der Waals surface area contributed by atoms with Crippen molar-refractivity contribution in [2.75, 3.05) is 7.05 Å². The van der Waals surface area contributed by atoms with E-state index in [1.54, 1.807) is 7.05 Å². The first-order valence-electron chi connectivity index (χ1n) is 4.50. The topological polar surface area (TPSA) is 41.1 Å². The molecule has 0 fully saturated rings. The number of hydrogen-bond donors (Lipinski definition) is 2. The molecule has 1 atom stereocenters. The highest BCUT2D eigenvalue weighted by Crippen LogP contribution is 2.16. The minimum absolute atomic E-state index is 0.0162. The highest BCUT2D eigenvalue weighted by atomic mass is 79.9. The molecule has 0 aliphatic carbocycles. The summed E-state index contributed by atoms with van der Waals surface area (Å²) in [5, 5.41) is 5.27. The fourth-order valence-corrected chi connectivity index (χ4v) is 1.14. The summed E-state index contributed by atoms with van der Waals surface area (Å²) in [4.78, 5) is 11.0. The molecule has 0 radical (unpaired) electrons. The Morgan fingerprint density at radius 3 is 2.50 bits per heavy atom. The summed E-state index contributed by atoms with van der Waals surface area (Å²) in [5.74, 6) is 0. The van der Waals surface area contributed by atoms with Gasteiger partial charge in [-0.05, 0) is 26.3 Å². The maximum Gasteiger partial charge on any atom is 0.314 e. The molecule has 0 bridgehead atoms. The minimum atomic E-state index is -0.168. The first-order valence-corrected chi connectivity index (χ1v) is 5.29. The SMILES string of the molecule is C/C=C(Br)\C(C)=C/C(C)NC(=O)NC. The Labute approximate surface area is 93.8 Å². The van der Waals surface area contributed by atoms with Crippen molar-refractivity contribution in [1.82, 2.24) is 10.6 Å². The van der Waals surface area contributed by atoms with Crippen LogP contribution in [0.3, 0.4) is 0 Å². The Kier molecular flexibility index (Phi) is 6.28. The number of carbonyl (C=O) groups is 1. The lowest BCUT2D eigenvalue weighted by atomic mass is 10.2. The molecule has 3 nitrogen and oxygen atoms in total. The summed E-state index contributed by atoms with van der Waals surface area (Å²) in [7, 11) is 1.60. The second-order valence-electron chi connectivity index (χ2n) is 3.00. The van der Waals surface area contributed by atoms with Gasteiger partial charge in [0.1, 0.15) is 0 Å². The van der Waals surface area contributed by atoms with Crippen molar-refractivity contribution >= 4 is 22.0 Å². The van der Waals surface area contributed by atoms with E-state index in [0.29, 0.717) is 0 Å². The molecule has 0 aromatic carbocycles. The molecule has 0 saturated heterocycles. The Morgan fingerprint density at radius 2 is 2.07 bits per heavy atom. The summed E-state index contributed by atoms with van der Waals surface area (Å²) in [5.41, 5.74) is 1.11. The van der Waals surface area contributed by atoms with Gasteiger partial charge in [0.15, 0.2) is 0 Å². The number of amides is 2. The number of carbonyl (C=O) groups excluding carboxylic acids is 1. The fourth-order valence-electron chi connectivity index (χ4n) is 1.00. The third-order valence-electron chi connectivity index (χ3n) is 1.72. The van der Waals surface area contributed by atoms with Crippen molar-refractivity contribution in [3.8, 4) is 0 Å². The van der Waals surface area contributed by atoms with Crippen LogP contribution in [0.15, 0.2) is 22.2 Å². The Bertz CT molecular complexity index is 259. The van der Waals surface area contributed by atoms with Crippen molar-refractivity contribution < 1.29 is 4.79 Å². The van der Waals surface area contributed by atoms with Gasteiger partial charge in [-0.2, -0.15) is 0 Å². The molecule has 4 heteroatoms. The third kappa shape index (κ3) is 5.07. The molecule has 0 aromatic heterocycles. The fraction of sp³-hybridized carbons (Fsp3) is 0.500. The Hall–Kier alpha value is -0.770. The molecule has 0 rings (SSSR count). The van der Waals surface area contributed by atoms with Gasteiger partial charge in [0, 0.05) is 17.6 Å². The van der Waals surface area contributed by atoms with E-state index in [2.05, 4.69) is 26.6 Å². The molecule has 0 saturated carbocycles. The van der Waals surface area contributed by atoms with Crippen LogP contribution >= 0.6 is 15.9 Å². The zero-order valence-electron chi connectivity index (χ0n) is 9.02. The normalized spacial score (nSPS) is 14.9. The molecule has 0 spiro atoms. The van der Waals surface area contributed by atoms with E-state index in [4.69, 9.17) is 0 Å². The van der Waals surface area contributed by atoms with Crippen molar-refractivity contribution in [1.29, 1.82) is 0 Å². The van der Waals surface area contributed by atoms with E-state index < -0.39 is 0 Å². The van der Waals surface area contributed by atoms with Gasteiger partial charge in [0.2, 0.25) is 0 Å². The zero-order valence-corrected chi connectivity index (χ0v) is 10.6. The number of nitrogens with one attached hydrogen (secondary N) is 2. The predicted molar refractivity (Wildman–Crippen MR) is 63.5 cm³/mol. The predicted octanol–water partition coefficient (Wildman–Crippen LogP) is 2.55. The molecular formula is C10H17BrN2O. The molecule has 0 aliphatic rings. The summed E-state index contributed by atoms with van der Waals surface area (Å²) >= 11 is 3.42. The van der Waals surface area contributed by atoms with E-state index in [0.717, 1.165) is 10.1 Å². The highest BCUT2D eigenvalue weighted by Gasteiger charge is 2.03. The van der Waals surface area contributed by atoms with E-state index in [1.807, 2.05) is 32.9 Å². The first-order chi connectivity index (χ1) is 6.51. The summed E-state index contributed by atoms with van der Waals surface area (Å²) < 4.78 is 1.04. The second kappa shape index (κ2) is 6.65. The number of halogens is 1. The molecule has 2 amide bonds. The smallest absolute Gasteiger partial charge is 0.314 e. The number of hydrogen-bond acceptors (Lipinski definition) is 1. The molecule has 0 heterocycles. The zero-order chi connectivity index (χ0) is 11.1. The first kappa shape index (κ1) is 13.2. The molecule has 14 heavy (non-hydrogen) atoms. The van der Waals surface area contributed by atoms with Crippen LogP contribution in [0.2, 0.25) is 0 Å². The van der Waals surface area contributed by atoms with Gasteiger partial charge in [-0.25, -0.2) is 4.79 Å². The van der Waals surface area contributed by atoms with Crippen LogP contribution in [0.4, 0.5) is 4.79 Å². The van der Waals surface area contributed by atoms with Crippen LogP contribution in [-0.2, 0) is 0 Å². The van der Waals surface area contributed by atoms with Gasteiger partial charge in [0.25, 0.3) is 0 Å². The van der Waals surface area contributed by atoms with Crippen LogP contribution in [-0.4, -0.2) is 19.1 Å². The average molecular weight is 261 g/mol. The van der Waals surface area contributed by atoms with Crippen LogP contribution in [0.25, 0.3) is 0 Å². The van der Waals surface area contributed by atoms with Crippen molar-refractivity contribution in [2.24, 2.45) is 0 Å². The summed E-state index contributed by atoms with van der Waals surface area (Å²) in [6.07, 6.45) is 3.96. The lowest BCUT2D eigenvalue weighted by molar-refractivity contribution is 0.241. The van der Waals surface area contributed by atoms with Gasteiger partial charge in [0.05, 0.1) is 0 Å². The molecular weight excluding hydrogens is 244 g/mol. The van der Waals surface area contributed by atoms with E-state index in [9.17, 15) is 4.79 Å². The quantitative estimate of drug-likeness (QED) is 0.753. The second-order valence-corrected chi connectivity index (χ2v) is 3.85. The standard InChI is InChI=1S/C10H17BrN2O/c1-5-9(11)7(2)6-8(3)13-10(14)12-4/h5-6,8H,1-4H3,(H2,12,13,14)/b7-6-,9-5+. The van der Waals surface area contributed by atoms with E-state index in [1.165, 1.54) is 0 Å². The van der Waals surface area contributed by atoms with Crippen LogP contribution in [0, 0.1) is 0 Å². The molecule has 1 unspecified atom stereocenters. The lowest BCUT2D eigenvalue weighted by Gasteiger charge is -2.10. The molecule has 2 N–H and O–H groups in total. The Balaban J connectivity index is 4.29. The van der Waals surface area contributed by atoms with Gasteiger partial charge in [-0.3, -0.25) is 0 Å². The van der Waals surface area contributed by atoms with E-state index in [-0.39, 0.29) is 12.1 Å². The molecule has 0 aliphatic heterocycles. The van der Waals surface area contributed by atoms with Crippen LogP contribution in [0.1, 0.15) is 20.8 Å². The van der Waals surface area contributed by atoms with Gasteiger partial charge in [-0.15, -0.1) is 0 Å². The molecule has 80 valence electrons. The average Bonchev–Trinajstić information content (AvgIpc) is 2.15. The van der Waals surface area contributed by atoms with Gasteiger partial charge < -0.3 is 10.6 Å². The van der Waals surface area contributed by atoms with Gasteiger partial charge in [-0.1, -0.05) is 28.1 Å². The number of urea groups is 1. The Morgan fingerprint density at radius 1 is 1.50 bits per heavy atom.